The minimum Gasteiger partial charge on any atom is -0.395 e. The minimum absolute atomic E-state index is 0.112. The lowest BCUT2D eigenvalue weighted by atomic mass is 9.92. The number of carbonyl (C=O) groups excluding carboxylic acids is 3. The van der Waals surface area contributed by atoms with E-state index in [4.69, 9.17) is 23.2 Å². The number of ether oxygens (including phenoxy) is 2. The lowest BCUT2D eigenvalue weighted by Gasteiger charge is -2.23. The van der Waals surface area contributed by atoms with Crippen molar-refractivity contribution in [3.05, 3.63) is 52.0 Å². The van der Waals surface area contributed by atoms with Crippen molar-refractivity contribution in [2.45, 2.75) is 18.8 Å². The number of benzene rings is 2. The Balaban J connectivity index is 1.48. The Kier molecular flexibility index (Phi) is 4.94. The van der Waals surface area contributed by atoms with Crippen LogP contribution in [0.3, 0.4) is 0 Å². The SMILES string of the molecule is C[C@]1(c2ccc(Cl)cc2Cl)NC(=O)N(CC(=O)Nc2ccc3c(c2)OC(F)(F)O3)C1=O. The molecule has 12 heteroatoms. The topological polar surface area (TPSA) is 97.0 Å². The van der Waals surface area contributed by atoms with E-state index in [2.05, 4.69) is 20.1 Å². The van der Waals surface area contributed by atoms with Crippen molar-refractivity contribution in [1.82, 2.24) is 10.2 Å². The van der Waals surface area contributed by atoms with Crippen LogP contribution in [0.1, 0.15) is 12.5 Å². The second kappa shape index (κ2) is 7.24. The Bertz CT molecular complexity index is 1130. The lowest BCUT2D eigenvalue weighted by molar-refractivity contribution is -0.286. The normalized spacial score (nSPS) is 21.3. The van der Waals surface area contributed by atoms with E-state index in [1.54, 1.807) is 0 Å². The first-order valence-electron chi connectivity index (χ1n) is 8.78. The van der Waals surface area contributed by atoms with Gasteiger partial charge in [-0.1, -0.05) is 29.3 Å². The molecule has 8 nitrogen and oxygen atoms in total. The molecule has 0 bridgehead atoms. The van der Waals surface area contributed by atoms with Crippen LogP contribution in [0.5, 0.6) is 11.5 Å². The summed E-state index contributed by atoms with van der Waals surface area (Å²) in [7, 11) is 0. The summed E-state index contributed by atoms with van der Waals surface area (Å²) < 4.78 is 34.8. The van der Waals surface area contributed by atoms with E-state index in [9.17, 15) is 23.2 Å². The number of urea groups is 1. The molecule has 2 aliphatic rings. The molecule has 2 aliphatic heterocycles. The third-order valence-electron chi connectivity index (χ3n) is 4.73. The summed E-state index contributed by atoms with van der Waals surface area (Å²) in [6.07, 6.45) is -3.79. The first-order valence-corrected chi connectivity index (χ1v) is 9.53. The van der Waals surface area contributed by atoms with Crippen molar-refractivity contribution in [1.29, 1.82) is 0 Å². The van der Waals surface area contributed by atoms with Crippen molar-refractivity contribution in [2.75, 3.05) is 11.9 Å². The summed E-state index contributed by atoms with van der Waals surface area (Å²) in [5.41, 5.74) is -1.07. The van der Waals surface area contributed by atoms with Gasteiger partial charge in [0.1, 0.15) is 12.1 Å². The highest BCUT2D eigenvalue weighted by Gasteiger charge is 2.50. The smallest absolute Gasteiger partial charge is 0.395 e. The number of rotatable bonds is 4. The predicted octanol–water partition coefficient (Wildman–Crippen LogP) is 3.72. The Morgan fingerprint density at radius 1 is 1.13 bits per heavy atom. The van der Waals surface area contributed by atoms with Crippen molar-refractivity contribution < 1.29 is 32.6 Å². The highest BCUT2D eigenvalue weighted by Crippen LogP contribution is 2.42. The van der Waals surface area contributed by atoms with Gasteiger partial charge in [-0.15, -0.1) is 8.78 Å². The highest BCUT2D eigenvalue weighted by atomic mass is 35.5. The van der Waals surface area contributed by atoms with Gasteiger partial charge in [0.2, 0.25) is 5.91 Å². The van der Waals surface area contributed by atoms with E-state index < -0.39 is 36.2 Å². The lowest BCUT2D eigenvalue weighted by Crippen LogP contribution is -2.42. The first kappa shape index (κ1) is 21.1. The molecule has 162 valence electrons. The zero-order valence-corrected chi connectivity index (χ0v) is 17.2. The molecule has 1 fully saturated rings. The van der Waals surface area contributed by atoms with Crippen LogP contribution < -0.4 is 20.1 Å². The van der Waals surface area contributed by atoms with Crippen LogP contribution in [0.15, 0.2) is 36.4 Å². The molecule has 31 heavy (non-hydrogen) atoms. The summed E-state index contributed by atoms with van der Waals surface area (Å²) in [4.78, 5) is 38.4. The largest absolute Gasteiger partial charge is 0.586 e. The zero-order valence-electron chi connectivity index (χ0n) is 15.7. The quantitative estimate of drug-likeness (QED) is 0.662. The fraction of sp³-hybridized carbons (Fsp3) is 0.211. The molecule has 1 saturated heterocycles. The molecule has 0 saturated carbocycles. The van der Waals surface area contributed by atoms with Gasteiger partial charge in [-0.25, -0.2) is 4.79 Å². The average Bonchev–Trinajstić information content (AvgIpc) is 3.08. The number of amides is 4. The molecule has 4 amide bonds. The zero-order chi connectivity index (χ0) is 22.6. The number of carbonyl (C=O) groups is 3. The molecule has 2 N–H and O–H groups in total. The van der Waals surface area contributed by atoms with Crippen molar-refractivity contribution in [2.24, 2.45) is 0 Å². The van der Waals surface area contributed by atoms with Gasteiger partial charge in [0.25, 0.3) is 5.91 Å². The molecule has 0 radical (unpaired) electrons. The number of fused-ring (bicyclic) bond motifs is 1. The Labute approximate surface area is 184 Å². The maximum Gasteiger partial charge on any atom is 0.586 e. The summed E-state index contributed by atoms with van der Waals surface area (Å²) in [5.74, 6) is -1.88. The van der Waals surface area contributed by atoms with Crippen LogP contribution in [0.4, 0.5) is 19.3 Å². The van der Waals surface area contributed by atoms with Gasteiger partial charge in [0, 0.05) is 27.4 Å². The third kappa shape index (κ3) is 3.84. The average molecular weight is 472 g/mol. The molecule has 4 rings (SSSR count). The Hall–Kier alpha value is -3.11. The number of hydrogen-bond donors (Lipinski definition) is 2. The first-order chi connectivity index (χ1) is 14.5. The Morgan fingerprint density at radius 3 is 2.55 bits per heavy atom. The standard InChI is InChI=1S/C19H13Cl2F2N3O5/c1-18(11-4-2-9(20)6-12(11)21)16(28)26(17(29)25-18)8-15(27)24-10-3-5-13-14(7-10)31-19(22,23)30-13/h2-7H,8H2,1H3,(H,24,27)(H,25,29)/t18-/m1/s1. The summed E-state index contributed by atoms with van der Waals surface area (Å²) >= 11 is 12.1. The summed E-state index contributed by atoms with van der Waals surface area (Å²) in [5, 5.41) is 5.47. The molecule has 1 atom stereocenters. The summed E-state index contributed by atoms with van der Waals surface area (Å²) in [6.45, 7) is 0.842. The molecular formula is C19H13Cl2F2N3O5. The van der Waals surface area contributed by atoms with Crippen LogP contribution in [0.2, 0.25) is 10.0 Å². The van der Waals surface area contributed by atoms with Gasteiger partial charge >= 0.3 is 12.3 Å². The van der Waals surface area contributed by atoms with E-state index >= 15 is 0 Å². The number of hydrogen-bond acceptors (Lipinski definition) is 5. The second-order valence-corrected chi connectivity index (χ2v) is 7.79. The van der Waals surface area contributed by atoms with E-state index in [1.807, 2.05) is 0 Å². The monoisotopic (exact) mass is 471 g/mol. The second-order valence-electron chi connectivity index (χ2n) is 6.95. The number of nitrogens with zero attached hydrogens (tertiary/aromatic N) is 1. The van der Waals surface area contributed by atoms with Crippen LogP contribution in [-0.4, -0.2) is 35.6 Å². The van der Waals surface area contributed by atoms with E-state index in [0.29, 0.717) is 10.6 Å². The van der Waals surface area contributed by atoms with Gasteiger partial charge in [0.05, 0.1) is 0 Å². The van der Waals surface area contributed by atoms with Gasteiger partial charge in [0.15, 0.2) is 11.5 Å². The van der Waals surface area contributed by atoms with Gasteiger partial charge in [-0.2, -0.15) is 0 Å². The highest BCUT2D eigenvalue weighted by molar-refractivity contribution is 6.35. The van der Waals surface area contributed by atoms with Crippen LogP contribution in [0, 0.1) is 0 Å². The summed E-state index contributed by atoms with van der Waals surface area (Å²) in [6, 6.07) is 7.31. The predicted molar refractivity (Wildman–Crippen MR) is 105 cm³/mol. The van der Waals surface area contributed by atoms with Crippen molar-refractivity contribution in [3.63, 3.8) is 0 Å². The van der Waals surface area contributed by atoms with E-state index in [1.165, 1.54) is 37.3 Å². The van der Waals surface area contributed by atoms with Crippen LogP contribution in [0.25, 0.3) is 0 Å². The third-order valence-corrected chi connectivity index (χ3v) is 5.28. The molecule has 2 aromatic rings. The van der Waals surface area contributed by atoms with Gasteiger partial charge < -0.3 is 20.1 Å². The van der Waals surface area contributed by atoms with Crippen LogP contribution in [-0.2, 0) is 15.1 Å². The molecule has 0 unspecified atom stereocenters. The van der Waals surface area contributed by atoms with Gasteiger partial charge in [-0.05, 0) is 31.2 Å². The van der Waals surface area contributed by atoms with Crippen molar-refractivity contribution in [3.8, 4) is 11.5 Å². The Morgan fingerprint density at radius 2 is 1.84 bits per heavy atom. The number of nitrogens with one attached hydrogen (secondary N) is 2. The van der Waals surface area contributed by atoms with E-state index in [-0.39, 0.29) is 22.2 Å². The molecular weight excluding hydrogens is 459 g/mol. The van der Waals surface area contributed by atoms with Crippen LogP contribution >= 0.6 is 23.2 Å². The molecule has 2 heterocycles. The molecule has 0 aromatic heterocycles. The molecule has 0 spiro atoms. The van der Waals surface area contributed by atoms with E-state index in [0.717, 1.165) is 11.0 Å². The molecule has 2 aromatic carbocycles. The number of anilines is 1. The number of halogens is 4. The van der Waals surface area contributed by atoms with Gasteiger partial charge in [-0.3, -0.25) is 14.5 Å². The van der Waals surface area contributed by atoms with Crippen molar-refractivity contribution >= 4 is 46.7 Å². The fourth-order valence-corrected chi connectivity index (χ4v) is 3.89. The molecule has 0 aliphatic carbocycles. The fourth-order valence-electron chi connectivity index (χ4n) is 3.29. The number of alkyl halides is 2. The maximum absolute atomic E-state index is 13.1. The maximum atomic E-state index is 13.1. The number of imide groups is 1. The minimum atomic E-state index is -3.79.